The van der Waals surface area contributed by atoms with Gasteiger partial charge >= 0.3 is 0 Å². The Bertz CT molecular complexity index is 466. The molecular weight excluding hydrogens is 236 g/mol. The summed E-state index contributed by atoms with van der Waals surface area (Å²) in [6.45, 7) is 9.15. The zero-order valence-electron chi connectivity index (χ0n) is 13.2. The van der Waals surface area contributed by atoms with Gasteiger partial charge in [-0.05, 0) is 57.0 Å². The standard InChI is InChI=1S/C16H26N2O/c1-11-8-13(3)15(9-12(11)2)10-18(7)14(4)16(19)17(5)6/h8-9,14H,10H2,1-7H3. The number of carbonyl (C=O) groups is 1. The summed E-state index contributed by atoms with van der Waals surface area (Å²) in [5, 5.41) is 0. The molecule has 0 aliphatic heterocycles. The van der Waals surface area contributed by atoms with Crippen LogP contribution in [0.3, 0.4) is 0 Å². The van der Waals surface area contributed by atoms with Gasteiger partial charge in [0.1, 0.15) is 0 Å². The molecular formula is C16H26N2O. The van der Waals surface area contributed by atoms with E-state index in [2.05, 4.69) is 37.8 Å². The number of amides is 1. The Hall–Kier alpha value is -1.35. The van der Waals surface area contributed by atoms with Crippen molar-refractivity contribution in [3.63, 3.8) is 0 Å². The molecule has 0 bridgehead atoms. The first-order valence-corrected chi connectivity index (χ1v) is 6.72. The molecule has 0 heterocycles. The monoisotopic (exact) mass is 262 g/mol. The smallest absolute Gasteiger partial charge is 0.239 e. The summed E-state index contributed by atoms with van der Waals surface area (Å²) in [6, 6.07) is 4.35. The third-order valence-electron chi connectivity index (χ3n) is 3.83. The second-order valence-corrected chi connectivity index (χ2v) is 5.69. The fourth-order valence-corrected chi connectivity index (χ4v) is 2.16. The minimum Gasteiger partial charge on any atom is -0.347 e. The quantitative estimate of drug-likeness (QED) is 0.832. The lowest BCUT2D eigenvalue weighted by Gasteiger charge is -2.27. The van der Waals surface area contributed by atoms with Crippen molar-refractivity contribution in [2.45, 2.75) is 40.3 Å². The molecule has 1 atom stereocenters. The Morgan fingerprint density at radius 3 is 2.11 bits per heavy atom. The first-order chi connectivity index (χ1) is 8.73. The van der Waals surface area contributed by atoms with E-state index in [9.17, 15) is 4.79 Å². The van der Waals surface area contributed by atoms with Crippen molar-refractivity contribution < 1.29 is 4.79 Å². The highest BCUT2D eigenvalue weighted by Crippen LogP contribution is 2.17. The van der Waals surface area contributed by atoms with Crippen molar-refractivity contribution in [2.24, 2.45) is 0 Å². The van der Waals surface area contributed by atoms with Crippen LogP contribution >= 0.6 is 0 Å². The van der Waals surface area contributed by atoms with Gasteiger partial charge < -0.3 is 4.90 Å². The molecule has 0 aliphatic rings. The van der Waals surface area contributed by atoms with E-state index < -0.39 is 0 Å². The highest BCUT2D eigenvalue weighted by Gasteiger charge is 2.20. The summed E-state index contributed by atoms with van der Waals surface area (Å²) in [5.74, 6) is 0.143. The van der Waals surface area contributed by atoms with Crippen molar-refractivity contribution in [1.29, 1.82) is 0 Å². The Balaban J connectivity index is 2.85. The van der Waals surface area contributed by atoms with Crippen molar-refractivity contribution in [3.05, 3.63) is 34.4 Å². The first-order valence-electron chi connectivity index (χ1n) is 6.72. The number of likely N-dealkylation sites (N-methyl/N-ethyl adjacent to an activating group) is 2. The van der Waals surface area contributed by atoms with E-state index in [1.54, 1.807) is 19.0 Å². The summed E-state index contributed by atoms with van der Waals surface area (Å²) >= 11 is 0. The van der Waals surface area contributed by atoms with Gasteiger partial charge in [0.05, 0.1) is 6.04 Å². The topological polar surface area (TPSA) is 23.6 Å². The van der Waals surface area contributed by atoms with Crippen LogP contribution in [0, 0.1) is 20.8 Å². The van der Waals surface area contributed by atoms with Crippen LogP contribution < -0.4 is 0 Å². The van der Waals surface area contributed by atoms with Crippen molar-refractivity contribution >= 4 is 5.91 Å². The fraction of sp³-hybridized carbons (Fsp3) is 0.562. The van der Waals surface area contributed by atoms with Gasteiger partial charge in [-0.3, -0.25) is 9.69 Å². The normalized spacial score (nSPS) is 12.6. The van der Waals surface area contributed by atoms with Gasteiger partial charge in [0.2, 0.25) is 5.91 Å². The molecule has 1 aromatic rings. The maximum atomic E-state index is 12.0. The van der Waals surface area contributed by atoms with E-state index in [0.717, 1.165) is 6.54 Å². The van der Waals surface area contributed by atoms with E-state index in [-0.39, 0.29) is 11.9 Å². The lowest BCUT2D eigenvalue weighted by atomic mass is 10.0. The van der Waals surface area contributed by atoms with Crippen molar-refractivity contribution in [2.75, 3.05) is 21.1 Å². The zero-order valence-corrected chi connectivity index (χ0v) is 13.2. The molecule has 1 rings (SSSR count). The molecule has 0 spiro atoms. The van der Waals surface area contributed by atoms with Crippen LogP contribution in [0.1, 0.15) is 29.2 Å². The molecule has 0 saturated carbocycles. The molecule has 19 heavy (non-hydrogen) atoms. The van der Waals surface area contributed by atoms with Crippen LogP contribution in [0.2, 0.25) is 0 Å². The summed E-state index contributed by atoms with van der Waals surface area (Å²) in [6.07, 6.45) is 0. The largest absolute Gasteiger partial charge is 0.347 e. The molecule has 106 valence electrons. The number of hydrogen-bond acceptors (Lipinski definition) is 2. The number of aryl methyl sites for hydroxylation is 3. The average molecular weight is 262 g/mol. The minimum absolute atomic E-state index is 0.101. The molecule has 0 N–H and O–H groups in total. The van der Waals surface area contributed by atoms with Crippen LogP contribution in [-0.2, 0) is 11.3 Å². The third-order valence-corrected chi connectivity index (χ3v) is 3.83. The molecule has 0 fully saturated rings. The number of benzene rings is 1. The van der Waals surface area contributed by atoms with Gasteiger partial charge in [-0.2, -0.15) is 0 Å². The van der Waals surface area contributed by atoms with Crippen molar-refractivity contribution in [3.8, 4) is 0 Å². The second kappa shape index (κ2) is 6.20. The van der Waals surface area contributed by atoms with E-state index in [1.807, 2.05) is 14.0 Å². The van der Waals surface area contributed by atoms with Gasteiger partial charge in [0, 0.05) is 20.6 Å². The van der Waals surface area contributed by atoms with Gasteiger partial charge in [-0.15, -0.1) is 0 Å². The Labute approximate surface area is 117 Å². The van der Waals surface area contributed by atoms with E-state index >= 15 is 0 Å². The van der Waals surface area contributed by atoms with Crippen LogP contribution in [0.4, 0.5) is 0 Å². The number of nitrogens with zero attached hydrogens (tertiary/aromatic N) is 2. The van der Waals surface area contributed by atoms with Crippen LogP contribution in [0.5, 0.6) is 0 Å². The SMILES string of the molecule is Cc1cc(C)c(CN(C)C(C)C(=O)N(C)C)cc1C. The average Bonchev–Trinajstić information content (AvgIpc) is 2.33. The molecule has 3 heteroatoms. The predicted octanol–water partition coefficient (Wildman–Crippen LogP) is 2.52. The molecule has 1 unspecified atom stereocenters. The van der Waals surface area contributed by atoms with Crippen LogP contribution in [0.15, 0.2) is 12.1 Å². The van der Waals surface area contributed by atoms with Gasteiger partial charge in [-0.25, -0.2) is 0 Å². The maximum absolute atomic E-state index is 12.0. The molecule has 0 radical (unpaired) electrons. The Morgan fingerprint density at radius 2 is 1.58 bits per heavy atom. The lowest BCUT2D eigenvalue weighted by Crippen LogP contribution is -2.42. The number of hydrogen-bond donors (Lipinski definition) is 0. The minimum atomic E-state index is -0.101. The first kappa shape index (κ1) is 15.7. The van der Waals surface area contributed by atoms with Gasteiger partial charge in [-0.1, -0.05) is 12.1 Å². The molecule has 0 aromatic heterocycles. The molecule has 1 amide bonds. The maximum Gasteiger partial charge on any atom is 0.239 e. The number of rotatable bonds is 4. The van der Waals surface area contributed by atoms with E-state index in [0.29, 0.717) is 0 Å². The predicted molar refractivity (Wildman–Crippen MR) is 80.3 cm³/mol. The fourth-order valence-electron chi connectivity index (χ4n) is 2.16. The second-order valence-electron chi connectivity index (χ2n) is 5.69. The van der Waals surface area contributed by atoms with Gasteiger partial charge in [0.15, 0.2) is 0 Å². The van der Waals surface area contributed by atoms with Crippen LogP contribution in [0.25, 0.3) is 0 Å². The summed E-state index contributed by atoms with van der Waals surface area (Å²) in [5.41, 5.74) is 5.21. The van der Waals surface area contributed by atoms with Gasteiger partial charge in [0.25, 0.3) is 0 Å². The van der Waals surface area contributed by atoms with E-state index in [4.69, 9.17) is 0 Å². The lowest BCUT2D eigenvalue weighted by molar-refractivity contribution is -0.133. The number of carbonyl (C=O) groups excluding carboxylic acids is 1. The summed E-state index contributed by atoms with van der Waals surface area (Å²) in [7, 11) is 5.60. The Kier molecular flexibility index (Phi) is 5.12. The highest BCUT2D eigenvalue weighted by molar-refractivity contribution is 5.80. The summed E-state index contributed by atoms with van der Waals surface area (Å²) < 4.78 is 0. The molecule has 0 saturated heterocycles. The van der Waals surface area contributed by atoms with E-state index in [1.165, 1.54) is 22.3 Å². The summed E-state index contributed by atoms with van der Waals surface area (Å²) in [4.78, 5) is 15.7. The highest BCUT2D eigenvalue weighted by atomic mass is 16.2. The molecule has 1 aromatic carbocycles. The Morgan fingerprint density at radius 1 is 1.05 bits per heavy atom. The third kappa shape index (κ3) is 3.80. The zero-order chi connectivity index (χ0) is 14.7. The van der Waals surface area contributed by atoms with Crippen molar-refractivity contribution in [1.82, 2.24) is 9.80 Å². The molecule has 0 aliphatic carbocycles. The van der Waals surface area contributed by atoms with Crippen LogP contribution in [-0.4, -0.2) is 42.9 Å². The molecule has 3 nitrogen and oxygen atoms in total.